The molecule has 6 nitrogen and oxygen atoms in total. The van der Waals surface area contributed by atoms with Crippen molar-refractivity contribution in [2.45, 2.75) is 194 Å². The Labute approximate surface area is 385 Å². The zero-order valence-corrected chi connectivity index (χ0v) is 40.0. The van der Waals surface area contributed by atoms with Gasteiger partial charge in [-0.25, -0.2) is 0 Å². The lowest BCUT2D eigenvalue weighted by atomic mass is 10.1. The normalized spacial score (nSPS) is 13.3. The van der Waals surface area contributed by atoms with Crippen molar-refractivity contribution in [1.82, 2.24) is 0 Å². The van der Waals surface area contributed by atoms with Crippen LogP contribution >= 0.6 is 0 Å². The van der Waals surface area contributed by atoms with Gasteiger partial charge in [0.25, 0.3) is 0 Å². The van der Waals surface area contributed by atoms with Crippen molar-refractivity contribution >= 4 is 17.9 Å². The zero-order valence-electron chi connectivity index (χ0n) is 40.0. The molecule has 352 valence electrons. The van der Waals surface area contributed by atoms with E-state index >= 15 is 0 Å². The van der Waals surface area contributed by atoms with Crippen LogP contribution in [0.4, 0.5) is 0 Å². The Bertz CT molecular complexity index is 1420. The number of hydrogen-bond acceptors (Lipinski definition) is 6. The van der Waals surface area contributed by atoms with Crippen LogP contribution in [0.3, 0.4) is 0 Å². The van der Waals surface area contributed by atoms with Crippen molar-refractivity contribution in [1.29, 1.82) is 0 Å². The monoisotopic (exact) mass is 869 g/mol. The minimum atomic E-state index is -0.830. The first kappa shape index (κ1) is 58.6. The molecule has 0 saturated carbocycles. The van der Waals surface area contributed by atoms with E-state index < -0.39 is 6.10 Å². The lowest BCUT2D eigenvalue weighted by molar-refractivity contribution is -0.167. The summed E-state index contributed by atoms with van der Waals surface area (Å²) in [5.74, 6) is -1.05. The molecule has 0 aromatic carbocycles. The van der Waals surface area contributed by atoms with Gasteiger partial charge < -0.3 is 14.2 Å². The molecular formula is C57H88O6. The number of rotatable bonds is 42. The number of unbranched alkanes of at least 4 members (excludes halogenated alkanes) is 17. The molecule has 0 N–H and O–H groups in total. The van der Waals surface area contributed by atoms with Gasteiger partial charge in [0.05, 0.1) is 0 Å². The summed E-state index contributed by atoms with van der Waals surface area (Å²) >= 11 is 0. The van der Waals surface area contributed by atoms with Gasteiger partial charge in [0, 0.05) is 19.3 Å². The van der Waals surface area contributed by atoms with Crippen LogP contribution in [0.1, 0.15) is 188 Å². The predicted octanol–water partition coefficient (Wildman–Crippen LogP) is 16.3. The van der Waals surface area contributed by atoms with Gasteiger partial charge in [-0.1, -0.05) is 225 Å². The number of carbonyl (C=O) groups excluding carboxylic acids is 3. The average molecular weight is 869 g/mol. The first-order valence-electron chi connectivity index (χ1n) is 24.8. The number of carbonyl (C=O) groups is 3. The molecule has 1 atom stereocenters. The summed E-state index contributed by atoms with van der Waals surface area (Å²) in [6, 6.07) is 0. The minimum Gasteiger partial charge on any atom is -0.462 e. The standard InChI is InChI=1S/C57H88O6/c1-4-7-10-13-16-19-22-25-27-28-29-30-33-35-38-41-44-47-50-56(59)62-53-54(52-61-55(58)49-46-43-40-37-34-31-24-21-18-15-12-9-6-3)63-57(60)51-48-45-42-39-36-32-26-23-20-17-14-11-8-5-2/h9-10,12-13,15-16,18-19,21-22,24-25,27-32,34,36-37,40,54H,4-8,11,14,17,20,23,26,33,35,38-39,41-53H2,1-3H3/b12-9-,13-10-,18-15-,19-16-,24-21-,25-22-,28-27-,30-29-,34-31-,36-32-,40-37-. The van der Waals surface area contributed by atoms with Crippen LogP contribution in [0.15, 0.2) is 134 Å². The fourth-order valence-corrected chi connectivity index (χ4v) is 6.14. The molecule has 0 radical (unpaired) electrons. The van der Waals surface area contributed by atoms with Gasteiger partial charge in [-0.3, -0.25) is 14.4 Å². The molecule has 0 saturated heterocycles. The van der Waals surface area contributed by atoms with Gasteiger partial charge in [0.15, 0.2) is 6.10 Å². The fraction of sp³-hybridized carbons (Fsp3) is 0.561. The molecule has 0 heterocycles. The largest absolute Gasteiger partial charge is 0.462 e. The molecule has 0 aromatic heterocycles. The van der Waals surface area contributed by atoms with E-state index in [1.807, 2.05) is 91.1 Å². The van der Waals surface area contributed by atoms with Crippen molar-refractivity contribution in [3.8, 4) is 0 Å². The maximum Gasteiger partial charge on any atom is 0.306 e. The lowest BCUT2D eigenvalue weighted by Gasteiger charge is -2.18. The van der Waals surface area contributed by atoms with Crippen molar-refractivity contribution in [3.63, 3.8) is 0 Å². The van der Waals surface area contributed by atoms with E-state index in [4.69, 9.17) is 14.2 Å². The summed E-state index contributed by atoms with van der Waals surface area (Å²) in [7, 11) is 0. The highest BCUT2D eigenvalue weighted by Crippen LogP contribution is 2.12. The van der Waals surface area contributed by atoms with E-state index in [9.17, 15) is 14.4 Å². The summed E-state index contributed by atoms with van der Waals surface area (Å²) in [6.07, 6.45) is 70.1. The van der Waals surface area contributed by atoms with Crippen LogP contribution in [0.2, 0.25) is 0 Å². The predicted molar refractivity (Wildman–Crippen MR) is 269 cm³/mol. The molecule has 6 heteroatoms. The van der Waals surface area contributed by atoms with Crippen LogP contribution in [-0.4, -0.2) is 37.2 Å². The second-order valence-electron chi connectivity index (χ2n) is 15.9. The van der Waals surface area contributed by atoms with Crippen molar-refractivity contribution in [2.24, 2.45) is 0 Å². The highest BCUT2D eigenvalue weighted by atomic mass is 16.6. The summed E-state index contributed by atoms with van der Waals surface area (Å²) in [6.45, 7) is 6.27. The topological polar surface area (TPSA) is 78.9 Å². The number of esters is 3. The summed E-state index contributed by atoms with van der Waals surface area (Å²) < 4.78 is 16.7. The van der Waals surface area contributed by atoms with Crippen molar-refractivity contribution < 1.29 is 28.6 Å². The quantitative estimate of drug-likeness (QED) is 0.0200. The Kier molecular flexibility index (Phi) is 46.7. The molecule has 0 fully saturated rings. The van der Waals surface area contributed by atoms with Gasteiger partial charge in [-0.05, 0) is 77.0 Å². The Balaban J connectivity index is 4.58. The van der Waals surface area contributed by atoms with Crippen LogP contribution in [0.5, 0.6) is 0 Å². The van der Waals surface area contributed by atoms with E-state index in [2.05, 4.69) is 63.3 Å². The van der Waals surface area contributed by atoms with Gasteiger partial charge in [0.2, 0.25) is 0 Å². The molecular weight excluding hydrogens is 781 g/mol. The van der Waals surface area contributed by atoms with Crippen molar-refractivity contribution in [2.75, 3.05) is 13.2 Å². The van der Waals surface area contributed by atoms with E-state index in [0.29, 0.717) is 12.8 Å². The molecule has 1 unspecified atom stereocenters. The van der Waals surface area contributed by atoms with E-state index in [1.165, 1.54) is 51.4 Å². The van der Waals surface area contributed by atoms with Gasteiger partial charge in [0.1, 0.15) is 13.2 Å². The smallest absolute Gasteiger partial charge is 0.306 e. The van der Waals surface area contributed by atoms with Gasteiger partial charge >= 0.3 is 17.9 Å². The number of allylic oxidation sites excluding steroid dienone is 22. The summed E-state index contributed by atoms with van der Waals surface area (Å²) in [4.78, 5) is 37.9. The number of ether oxygens (including phenoxy) is 3. The SMILES string of the molecule is CC\C=C/C=C\C=C/C=C\C=C/CCCC(=O)OCC(COC(=O)CCCCCCC\C=C/C=C\C=C/C=C\C=C/CCC)OC(=O)CCCCC/C=C\CCCCCCCCC. The molecule has 0 rings (SSSR count). The zero-order chi connectivity index (χ0) is 45.8. The van der Waals surface area contributed by atoms with E-state index in [-0.39, 0.29) is 44.0 Å². The number of hydrogen-bond donors (Lipinski definition) is 0. The Morgan fingerprint density at radius 2 is 0.683 bits per heavy atom. The highest BCUT2D eigenvalue weighted by molar-refractivity contribution is 5.71. The van der Waals surface area contributed by atoms with E-state index in [0.717, 1.165) is 89.9 Å². The van der Waals surface area contributed by atoms with Gasteiger partial charge in [-0.15, -0.1) is 0 Å². The summed E-state index contributed by atoms with van der Waals surface area (Å²) in [5, 5.41) is 0. The van der Waals surface area contributed by atoms with Crippen LogP contribution in [-0.2, 0) is 28.6 Å². The fourth-order valence-electron chi connectivity index (χ4n) is 6.14. The van der Waals surface area contributed by atoms with Crippen LogP contribution in [0, 0.1) is 0 Å². The maximum absolute atomic E-state index is 12.8. The molecule has 63 heavy (non-hydrogen) atoms. The van der Waals surface area contributed by atoms with Crippen LogP contribution < -0.4 is 0 Å². The third-order valence-corrected chi connectivity index (χ3v) is 9.85. The third-order valence-electron chi connectivity index (χ3n) is 9.85. The summed E-state index contributed by atoms with van der Waals surface area (Å²) in [5.41, 5.74) is 0. The van der Waals surface area contributed by atoms with Gasteiger partial charge in [-0.2, -0.15) is 0 Å². The molecule has 0 spiro atoms. The molecule has 0 amide bonds. The first-order valence-corrected chi connectivity index (χ1v) is 24.8. The Hall–Kier alpha value is -4.45. The van der Waals surface area contributed by atoms with Crippen molar-refractivity contribution in [3.05, 3.63) is 134 Å². The molecule has 0 aromatic rings. The molecule has 0 bridgehead atoms. The van der Waals surface area contributed by atoms with E-state index in [1.54, 1.807) is 0 Å². The molecule has 0 aliphatic carbocycles. The average Bonchev–Trinajstić information content (AvgIpc) is 3.28. The van der Waals surface area contributed by atoms with Crippen LogP contribution in [0.25, 0.3) is 0 Å². The second-order valence-corrected chi connectivity index (χ2v) is 15.9. The lowest BCUT2D eigenvalue weighted by Crippen LogP contribution is -2.30. The highest BCUT2D eigenvalue weighted by Gasteiger charge is 2.19. The molecule has 0 aliphatic rings. The Morgan fingerprint density at radius 1 is 0.333 bits per heavy atom. The molecule has 0 aliphatic heterocycles. The third kappa shape index (κ3) is 48.4. The first-order chi connectivity index (χ1) is 31.0. The second kappa shape index (κ2) is 50.2. The Morgan fingerprint density at radius 3 is 1.16 bits per heavy atom. The minimum absolute atomic E-state index is 0.125. The maximum atomic E-state index is 12.8.